The first-order chi connectivity index (χ1) is 10.1. The maximum atomic E-state index is 10.8. The minimum atomic E-state index is -0.812. The second-order valence-electron chi connectivity index (χ2n) is 4.86. The Bertz CT molecular complexity index is 609. The number of benzene rings is 1. The van der Waals surface area contributed by atoms with E-state index in [0.717, 1.165) is 18.1 Å². The smallest absolute Gasteiger partial charge is 0.305 e. The first-order valence-corrected chi connectivity index (χ1v) is 6.87. The number of anilines is 2. The quantitative estimate of drug-likeness (QED) is 0.758. The van der Waals surface area contributed by atoms with Crippen molar-refractivity contribution in [3.8, 4) is 0 Å². The summed E-state index contributed by atoms with van der Waals surface area (Å²) in [6.07, 6.45) is 3.75. The second-order valence-corrected chi connectivity index (χ2v) is 4.86. The molecule has 0 fully saturated rings. The summed E-state index contributed by atoms with van der Waals surface area (Å²) in [5, 5.41) is 8.90. The molecule has 2 aromatic rings. The average Bonchev–Trinajstić information content (AvgIpc) is 2.85. The van der Waals surface area contributed by atoms with Crippen molar-refractivity contribution in [2.45, 2.75) is 19.9 Å². The van der Waals surface area contributed by atoms with Crippen LogP contribution >= 0.6 is 0 Å². The van der Waals surface area contributed by atoms with Gasteiger partial charge in [-0.15, -0.1) is 0 Å². The summed E-state index contributed by atoms with van der Waals surface area (Å²) in [7, 11) is 0. The number of aliphatic carboxylic acids is 1. The third kappa shape index (κ3) is 3.98. The van der Waals surface area contributed by atoms with Crippen molar-refractivity contribution < 1.29 is 9.90 Å². The van der Waals surface area contributed by atoms with Gasteiger partial charge in [0.05, 0.1) is 17.8 Å². The highest BCUT2D eigenvalue weighted by molar-refractivity contribution is 5.70. The topological polar surface area (TPSA) is 84.4 Å². The van der Waals surface area contributed by atoms with E-state index in [1.165, 1.54) is 0 Å². The van der Waals surface area contributed by atoms with Crippen LogP contribution in [0.3, 0.4) is 0 Å². The van der Waals surface area contributed by atoms with Gasteiger partial charge < -0.3 is 20.3 Å². The van der Waals surface area contributed by atoms with Gasteiger partial charge in [-0.05, 0) is 19.1 Å². The van der Waals surface area contributed by atoms with E-state index in [4.69, 9.17) is 10.8 Å². The van der Waals surface area contributed by atoms with E-state index in [1.807, 2.05) is 46.9 Å². The van der Waals surface area contributed by atoms with Crippen LogP contribution in [-0.2, 0) is 11.3 Å². The van der Waals surface area contributed by atoms with Gasteiger partial charge in [-0.25, -0.2) is 4.98 Å². The van der Waals surface area contributed by atoms with Crippen molar-refractivity contribution in [2.24, 2.45) is 0 Å². The molecule has 6 heteroatoms. The number of aryl methyl sites for hydroxylation is 1. The molecular weight excluding hydrogens is 268 g/mol. The fourth-order valence-corrected chi connectivity index (χ4v) is 2.23. The van der Waals surface area contributed by atoms with E-state index in [1.54, 1.807) is 6.20 Å². The fraction of sp³-hybridized carbons (Fsp3) is 0.333. The molecule has 0 unspecified atom stereocenters. The van der Waals surface area contributed by atoms with Gasteiger partial charge >= 0.3 is 5.97 Å². The van der Waals surface area contributed by atoms with Crippen LogP contribution in [0.15, 0.2) is 36.7 Å². The van der Waals surface area contributed by atoms with Crippen LogP contribution in [0.4, 0.5) is 11.4 Å². The minimum absolute atomic E-state index is 0.0806. The molecule has 0 amide bonds. The first kappa shape index (κ1) is 14.9. The number of nitrogens with two attached hydrogens (primary N) is 1. The lowest BCUT2D eigenvalue weighted by Gasteiger charge is -2.26. The van der Waals surface area contributed by atoms with Crippen molar-refractivity contribution >= 4 is 17.3 Å². The molecule has 112 valence electrons. The number of nitrogen functional groups attached to an aromatic ring is 1. The van der Waals surface area contributed by atoms with E-state index in [9.17, 15) is 4.79 Å². The van der Waals surface area contributed by atoms with Gasteiger partial charge in [0, 0.05) is 32.0 Å². The van der Waals surface area contributed by atoms with Gasteiger partial charge in [0.2, 0.25) is 0 Å². The molecule has 0 aliphatic carbocycles. The molecule has 0 saturated carbocycles. The number of aromatic nitrogens is 2. The molecule has 0 aliphatic heterocycles. The Balaban J connectivity index is 2.10. The number of para-hydroxylation sites is 2. The molecule has 0 bridgehead atoms. The average molecular weight is 288 g/mol. The predicted octanol–water partition coefficient (Wildman–Crippen LogP) is 1.76. The van der Waals surface area contributed by atoms with Gasteiger partial charge in [-0.1, -0.05) is 12.1 Å². The Kier molecular flexibility index (Phi) is 4.81. The molecule has 0 radical (unpaired) electrons. The summed E-state index contributed by atoms with van der Waals surface area (Å²) in [6, 6.07) is 7.51. The molecule has 3 N–H and O–H groups in total. The Labute approximate surface area is 123 Å². The molecule has 2 rings (SSSR count). The molecule has 0 aliphatic rings. The molecule has 6 nitrogen and oxygen atoms in total. The maximum Gasteiger partial charge on any atom is 0.305 e. The highest BCUT2D eigenvalue weighted by atomic mass is 16.4. The van der Waals surface area contributed by atoms with Crippen molar-refractivity contribution in [1.82, 2.24) is 9.55 Å². The van der Waals surface area contributed by atoms with E-state index in [-0.39, 0.29) is 6.42 Å². The molecule has 0 saturated heterocycles. The number of hydrogen-bond donors (Lipinski definition) is 2. The van der Waals surface area contributed by atoms with Crippen LogP contribution in [0.1, 0.15) is 12.2 Å². The molecule has 1 aromatic carbocycles. The lowest BCUT2D eigenvalue weighted by atomic mass is 10.2. The summed E-state index contributed by atoms with van der Waals surface area (Å²) in [5.74, 6) is 0.127. The Morgan fingerprint density at radius 3 is 2.76 bits per heavy atom. The number of imidazole rings is 1. The van der Waals surface area contributed by atoms with Crippen molar-refractivity contribution in [1.29, 1.82) is 0 Å². The van der Waals surface area contributed by atoms with Crippen molar-refractivity contribution in [3.05, 3.63) is 42.5 Å². The van der Waals surface area contributed by atoms with Crippen LogP contribution < -0.4 is 10.6 Å². The van der Waals surface area contributed by atoms with Crippen LogP contribution in [0.5, 0.6) is 0 Å². The zero-order valence-electron chi connectivity index (χ0n) is 12.1. The molecule has 0 atom stereocenters. The summed E-state index contributed by atoms with van der Waals surface area (Å²) in [4.78, 5) is 17.0. The normalized spacial score (nSPS) is 10.5. The summed E-state index contributed by atoms with van der Waals surface area (Å²) in [6.45, 7) is 3.79. The number of carboxylic acids is 1. The minimum Gasteiger partial charge on any atom is -0.481 e. The first-order valence-electron chi connectivity index (χ1n) is 6.87. The fourth-order valence-electron chi connectivity index (χ4n) is 2.23. The van der Waals surface area contributed by atoms with E-state index < -0.39 is 5.97 Å². The highest BCUT2D eigenvalue weighted by Crippen LogP contribution is 2.22. The molecule has 1 aromatic heterocycles. The summed E-state index contributed by atoms with van der Waals surface area (Å²) >= 11 is 0. The predicted molar refractivity (Wildman–Crippen MR) is 82.3 cm³/mol. The summed E-state index contributed by atoms with van der Waals surface area (Å²) in [5.41, 5.74) is 7.53. The van der Waals surface area contributed by atoms with Gasteiger partial charge in [0.15, 0.2) is 0 Å². The van der Waals surface area contributed by atoms with Crippen LogP contribution in [-0.4, -0.2) is 33.7 Å². The van der Waals surface area contributed by atoms with Gasteiger partial charge in [0.25, 0.3) is 0 Å². The van der Waals surface area contributed by atoms with Crippen LogP contribution in [0, 0.1) is 6.92 Å². The van der Waals surface area contributed by atoms with Crippen molar-refractivity contribution in [2.75, 3.05) is 23.7 Å². The highest BCUT2D eigenvalue weighted by Gasteiger charge is 2.11. The monoisotopic (exact) mass is 288 g/mol. The molecule has 0 spiro atoms. The number of nitrogens with zero attached hydrogens (tertiary/aromatic N) is 3. The van der Waals surface area contributed by atoms with E-state index in [0.29, 0.717) is 18.8 Å². The van der Waals surface area contributed by atoms with E-state index in [2.05, 4.69) is 4.98 Å². The second kappa shape index (κ2) is 6.78. The van der Waals surface area contributed by atoms with Crippen LogP contribution in [0.25, 0.3) is 0 Å². The van der Waals surface area contributed by atoms with E-state index >= 15 is 0 Å². The summed E-state index contributed by atoms with van der Waals surface area (Å²) < 4.78 is 2.03. The van der Waals surface area contributed by atoms with Gasteiger partial charge in [-0.3, -0.25) is 4.79 Å². The SMILES string of the molecule is Cc1nccn1CCN(CCC(=O)O)c1ccccc1N. The number of rotatable bonds is 7. The lowest BCUT2D eigenvalue weighted by molar-refractivity contribution is -0.136. The number of hydrogen-bond acceptors (Lipinski definition) is 4. The van der Waals surface area contributed by atoms with Gasteiger partial charge in [-0.2, -0.15) is 0 Å². The molecule has 1 heterocycles. The largest absolute Gasteiger partial charge is 0.481 e. The third-order valence-electron chi connectivity index (χ3n) is 3.41. The zero-order chi connectivity index (χ0) is 15.2. The Morgan fingerprint density at radius 1 is 1.38 bits per heavy atom. The maximum absolute atomic E-state index is 10.8. The van der Waals surface area contributed by atoms with Gasteiger partial charge in [0.1, 0.15) is 5.82 Å². The standard InChI is InChI=1S/C15H20N4O2/c1-12-17-7-9-18(12)10-11-19(8-6-15(20)21)14-5-3-2-4-13(14)16/h2-5,7,9H,6,8,10-11,16H2,1H3,(H,20,21). The zero-order valence-corrected chi connectivity index (χ0v) is 12.1. The number of carboxylic acid groups (broad SMARTS) is 1. The van der Waals surface area contributed by atoms with Crippen LogP contribution in [0.2, 0.25) is 0 Å². The lowest BCUT2D eigenvalue weighted by Crippen LogP contribution is -2.30. The van der Waals surface area contributed by atoms with Crippen molar-refractivity contribution in [3.63, 3.8) is 0 Å². The molecule has 21 heavy (non-hydrogen) atoms. The number of carbonyl (C=O) groups is 1. The Hall–Kier alpha value is -2.50. The third-order valence-corrected chi connectivity index (χ3v) is 3.41. The Morgan fingerprint density at radius 2 is 2.14 bits per heavy atom. The molecular formula is C15H20N4O2.